The minimum absolute atomic E-state index is 0.257. The molecule has 0 spiro atoms. The molecule has 0 radical (unpaired) electrons. The summed E-state index contributed by atoms with van der Waals surface area (Å²) in [6.07, 6.45) is 0. The van der Waals surface area contributed by atoms with Gasteiger partial charge in [0.2, 0.25) is 0 Å². The lowest BCUT2D eigenvalue weighted by Crippen LogP contribution is -2.07. The standard InChI is InChI=1S/C15H24O2S/c1-9(2)12-7-13(10(3)4)15(18(16)17)14(8-12)11(5)6/h7-11H,1-6H3,(H,16,17). The van der Waals surface area contributed by atoms with Crippen LogP contribution in [0.2, 0.25) is 0 Å². The largest absolute Gasteiger partial charge is 0.302 e. The maximum absolute atomic E-state index is 11.6. The Morgan fingerprint density at radius 2 is 1.28 bits per heavy atom. The van der Waals surface area contributed by atoms with Crippen LogP contribution >= 0.6 is 0 Å². The Hall–Kier alpha value is -0.670. The molecule has 1 N–H and O–H groups in total. The molecule has 1 rings (SSSR count). The molecule has 1 unspecified atom stereocenters. The van der Waals surface area contributed by atoms with Gasteiger partial charge in [-0.3, -0.25) is 0 Å². The van der Waals surface area contributed by atoms with Gasteiger partial charge in [0.05, 0.1) is 4.90 Å². The van der Waals surface area contributed by atoms with Crippen molar-refractivity contribution in [2.75, 3.05) is 0 Å². The zero-order valence-corrected chi connectivity index (χ0v) is 13.0. The van der Waals surface area contributed by atoms with Crippen molar-refractivity contribution in [3.8, 4) is 0 Å². The summed E-state index contributed by atoms with van der Waals surface area (Å²) in [5.74, 6) is 0.945. The Balaban J connectivity index is 3.60. The van der Waals surface area contributed by atoms with E-state index in [1.54, 1.807) is 0 Å². The van der Waals surface area contributed by atoms with Crippen molar-refractivity contribution >= 4 is 11.1 Å². The highest BCUT2D eigenvalue weighted by Crippen LogP contribution is 2.33. The summed E-state index contributed by atoms with van der Waals surface area (Å²) in [5.41, 5.74) is 3.26. The van der Waals surface area contributed by atoms with Crippen LogP contribution in [0.3, 0.4) is 0 Å². The number of hydrogen-bond acceptors (Lipinski definition) is 1. The molecule has 2 nitrogen and oxygen atoms in total. The second-order valence-electron chi connectivity index (χ2n) is 5.74. The average Bonchev–Trinajstić information content (AvgIpc) is 2.26. The summed E-state index contributed by atoms with van der Waals surface area (Å²) < 4.78 is 21.2. The first-order chi connectivity index (χ1) is 8.25. The van der Waals surface area contributed by atoms with E-state index in [4.69, 9.17) is 0 Å². The van der Waals surface area contributed by atoms with Gasteiger partial charge in [0.15, 0.2) is 11.1 Å². The summed E-state index contributed by atoms with van der Waals surface area (Å²) >= 11 is -1.91. The molecule has 0 saturated heterocycles. The maximum atomic E-state index is 11.6. The van der Waals surface area contributed by atoms with Crippen molar-refractivity contribution in [3.05, 3.63) is 28.8 Å². The van der Waals surface area contributed by atoms with E-state index in [0.717, 1.165) is 11.1 Å². The fourth-order valence-electron chi connectivity index (χ4n) is 2.09. The first kappa shape index (κ1) is 15.4. The van der Waals surface area contributed by atoms with Gasteiger partial charge in [-0.05, 0) is 34.4 Å². The van der Waals surface area contributed by atoms with Crippen LogP contribution in [-0.2, 0) is 11.1 Å². The van der Waals surface area contributed by atoms with Crippen LogP contribution in [0, 0.1) is 0 Å². The molecule has 18 heavy (non-hydrogen) atoms. The highest BCUT2D eigenvalue weighted by Gasteiger charge is 2.20. The van der Waals surface area contributed by atoms with E-state index in [0.29, 0.717) is 10.8 Å². The van der Waals surface area contributed by atoms with Crippen LogP contribution in [0.1, 0.15) is 76.0 Å². The Bertz CT molecular complexity index is 419. The Kier molecular flexibility index (Phi) is 5.11. The van der Waals surface area contributed by atoms with Crippen LogP contribution in [0.4, 0.5) is 0 Å². The molecule has 0 bridgehead atoms. The third-order valence-corrected chi connectivity index (χ3v) is 4.07. The average molecular weight is 268 g/mol. The van der Waals surface area contributed by atoms with Crippen molar-refractivity contribution in [2.45, 2.75) is 64.2 Å². The van der Waals surface area contributed by atoms with E-state index in [2.05, 4.69) is 53.7 Å². The minimum atomic E-state index is -1.91. The van der Waals surface area contributed by atoms with Gasteiger partial charge in [-0.2, -0.15) is 0 Å². The second kappa shape index (κ2) is 5.98. The lowest BCUT2D eigenvalue weighted by Gasteiger charge is -2.20. The van der Waals surface area contributed by atoms with Crippen molar-refractivity contribution in [2.24, 2.45) is 0 Å². The van der Waals surface area contributed by atoms with Gasteiger partial charge in [0, 0.05) is 0 Å². The van der Waals surface area contributed by atoms with Crippen molar-refractivity contribution in [3.63, 3.8) is 0 Å². The lowest BCUT2D eigenvalue weighted by atomic mass is 9.89. The maximum Gasteiger partial charge on any atom is 0.187 e. The Morgan fingerprint density at radius 1 is 0.889 bits per heavy atom. The van der Waals surface area contributed by atoms with Gasteiger partial charge in [-0.25, -0.2) is 4.21 Å². The summed E-state index contributed by atoms with van der Waals surface area (Å²) in [7, 11) is 0. The first-order valence-corrected chi connectivity index (χ1v) is 7.64. The van der Waals surface area contributed by atoms with Crippen molar-refractivity contribution in [1.29, 1.82) is 0 Å². The molecule has 0 saturated carbocycles. The normalized spacial score (nSPS) is 13.7. The minimum Gasteiger partial charge on any atom is -0.302 e. The third kappa shape index (κ3) is 3.21. The van der Waals surface area contributed by atoms with Gasteiger partial charge in [0.25, 0.3) is 0 Å². The van der Waals surface area contributed by atoms with Crippen molar-refractivity contribution < 1.29 is 8.76 Å². The van der Waals surface area contributed by atoms with Gasteiger partial charge in [-0.1, -0.05) is 53.7 Å². The lowest BCUT2D eigenvalue weighted by molar-refractivity contribution is 0.559. The zero-order chi connectivity index (χ0) is 14.0. The molecule has 102 valence electrons. The molecule has 1 atom stereocenters. The number of rotatable bonds is 4. The number of hydrogen-bond donors (Lipinski definition) is 1. The van der Waals surface area contributed by atoms with E-state index < -0.39 is 11.1 Å². The van der Waals surface area contributed by atoms with E-state index >= 15 is 0 Å². The SMILES string of the molecule is CC(C)c1cc(C(C)C)c(S(=O)O)c(C(C)C)c1. The predicted molar refractivity (Wildman–Crippen MR) is 77.7 cm³/mol. The van der Waals surface area contributed by atoms with Gasteiger partial charge >= 0.3 is 0 Å². The van der Waals surface area contributed by atoms with Crippen LogP contribution in [0.25, 0.3) is 0 Å². The van der Waals surface area contributed by atoms with E-state index in [1.807, 2.05) is 0 Å². The van der Waals surface area contributed by atoms with Crippen LogP contribution in [-0.4, -0.2) is 8.76 Å². The fraction of sp³-hybridized carbons (Fsp3) is 0.600. The molecule has 0 amide bonds. The highest BCUT2D eigenvalue weighted by atomic mass is 32.2. The first-order valence-electron chi connectivity index (χ1n) is 6.54. The van der Waals surface area contributed by atoms with Gasteiger partial charge < -0.3 is 4.55 Å². The van der Waals surface area contributed by atoms with Crippen LogP contribution < -0.4 is 0 Å². The molecule has 1 aromatic rings. The molecule has 0 heterocycles. The van der Waals surface area contributed by atoms with E-state index in [9.17, 15) is 8.76 Å². The molecular formula is C15H24O2S. The van der Waals surface area contributed by atoms with Crippen molar-refractivity contribution in [1.82, 2.24) is 0 Å². The van der Waals surface area contributed by atoms with E-state index in [1.165, 1.54) is 5.56 Å². The van der Waals surface area contributed by atoms with Gasteiger partial charge in [-0.15, -0.1) is 0 Å². The topological polar surface area (TPSA) is 37.3 Å². The molecule has 0 aliphatic heterocycles. The molecular weight excluding hydrogens is 244 g/mol. The monoisotopic (exact) mass is 268 g/mol. The zero-order valence-electron chi connectivity index (χ0n) is 12.2. The second-order valence-corrected chi connectivity index (χ2v) is 6.65. The molecule has 0 aromatic heterocycles. The smallest absolute Gasteiger partial charge is 0.187 e. The Morgan fingerprint density at radius 3 is 1.50 bits per heavy atom. The van der Waals surface area contributed by atoms with E-state index in [-0.39, 0.29) is 11.8 Å². The highest BCUT2D eigenvalue weighted by molar-refractivity contribution is 7.79. The predicted octanol–water partition coefficient (Wildman–Crippen LogP) is 4.64. The number of benzene rings is 1. The van der Waals surface area contributed by atoms with Crippen LogP contribution in [0.15, 0.2) is 17.0 Å². The third-order valence-electron chi connectivity index (χ3n) is 3.25. The molecule has 0 fully saturated rings. The summed E-state index contributed by atoms with van der Waals surface area (Å²) in [4.78, 5) is 0.615. The molecule has 3 heteroatoms. The molecule has 1 aromatic carbocycles. The molecule has 0 aliphatic carbocycles. The quantitative estimate of drug-likeness (QED) is 0.808. The van der Waals surface area contributed by atoms with Crippen LogP contribution in [0.5, 0.6) is 0 Å². The fourth-order valence-corrected chi connectivity index (χ4v) is 3.08. The summed E-state index contributed by atoms with van der Waals surface area (Å²) in [6, 6.07) is 4.18. The molecule has 0 aliphatic rings. The summed E-state index contributed by atoms with van der Waals surface area (Å²) in [5, 5.41) is 0. The Labute approximate surface area is 113 Å². The summed E-state index contributed by atoms with van der Waals surface area (Å²) in [6.45, 7) is 12.6. The van der Waals surface area contributed by atoms with Gasteiger partial charge in [0.1, 0.15) is 0 Å².